The number of oxazole rings is 1. The van der Waals surface area contributed by atoms with Gasteiger partial charge in [0, 0.05) is 13.6 Å². The third kappa shape index (κ3) is 4.77. The first kappa shape index (κ1) is 14.5. The van der Waals surface area contributed by atoms with Gasteiger partial charge in [-0.05, 0) is 26.2 Å². The van der Waals surface area contributed by atoms with E-state index in [-0.39, 0.29) is 0 Å². The van der Waals surface area contributed by atoms with Crippen molar-refractivity contribution < 1.29 is 4.42 Å². The Morgan fingerprint density at radius 1 is 1.33 bits per heavy atom. The molecule has 0 unspecified atom stereocenters. The van der Waals surface area contributed by atoms with Gasteiger partial charge < -0.3 is 15.1 Å². The predicted octanol–water partition coefficient (Wildman–Crippen LogP) is 2.00. The Morgan fingerprint density at radius 3 is 2.56 bits per heavy atom. The third-order valence-electron chi connectivity index (χ3n) is 2.72. The molecule has 5 nitrogen and oxygen atoms in total. The number of aliphatic imine (C=N–C) groups is 1. The lowest BCUT2D eigenvalue weighted by atomic mass is 10.1. The van der Waals surface area contributed by atoms with Crippen LogP contribution in [-0.2, 0) is 6.54 Å². The van der Waals surface area contributed by atoms with E-state index in [9.17, 15) is 0 Å². The molecule has 0 saturated carbocycles. The molecule has 1 aromatic heterocycles. The van der Waals surface area contributed by atoms with Gasteiger partial charge in [-0.15, -0.1) is 0 Å². The molecule has 0 aliphatic carbocycles. The lowest BCUT2D eigenvalue weighted by Crippen LogP contribution is -2.37. The summed E-state index contributed by atoms with van der Waals surface area (Å²) >= 11 is 0. The highest BCUT2D eigenvalue weighted by atomic mass is 16.4. The lowest BCUT2D eigenvalue weighted by Gasteiger charge is -2.11. The van der Waals surface area contributed by atoms with E-state index in [1.54, 1.807) is 7.05 Å². The van der Waals surface area contributed by atoms with Gasteiger partial charge >= 0.3 is 0 Å². The first-order chi connectivity index (χ1) is 8.52. The number of nitrogens with zero attached hydrogens (tertiary/aromatic N) is 2. The average molecular weight is 252 g/mol. The van der Waals surface area contributed by atoms with E-state index in [0.29, 0.717) is 18.4 Å². The molecule has 18 heavy (non-hydrogen) atoms. The Hall–Kier alpha value is -1.52. The van der Waals surface area contributed by atoms with Crippen LogP contribution < -0.4 is 10.6 Å². The van der Waals surface area contributed by atoms with Crippen LogP contribution in [-0.4, -0.2) is 24.5 Å². The molecule has 1 aromatic rings. The van der Waals surface area contributed by atoms with E-state index < -0.39 is 0 Å². The Bertz CT molecular complexity index is 376. The van der Waals surface area contributed by atoms with Gasteiger partial charge in [-0.25, -0.2) is 4.98 Å². The molecule has 0 aliphatic heterocycles. The van der Waals surface area contributed by atoms with Crippen LogP contribution in [0.15, 0.2) is 9.41 Å². The Morgan fingerprint density at radius 2 is 2.06 bits per heavy atom. The lowest BCUT2D eigenvalue weighted by molar-refractivity contribution is 0.463. The molecule has 0 aromatic carbocycles. The van der Waals surface area contributed by atoms with E-state index >= 15 is 0 Å². The van der Waals surface area contributed by atoms with Crippen LogP contribution in [0.3, 0.4) is 0 Å². The van der Waals surface area contributed by atoms with Crippen LogP contribution >= 0.6 is 0 Å². The molecule has 0 radical (unpaired) electrons. The van der Waals surface area contributed by atoms with Crippen molar-refractivity contribution in [1.29, 1.82) is 0 Å². The smallest absolute Gasteiger partial charge is 0.214 e. The maximum Gasteiger partial charge on any atom is 0.214 e. The fraction of sp³-hybridized carbons (Fsp3) is 0.692. The van der Waals surface area contributed by atoms with Gasteiger partial charge in [0.25, 0.3) is 0 Å². The Labute approximate surface area is 109 Å². The monoisotopic (exact) mass is 252 g/mol. The third-order valence-corrected chi connectivity index (χ3v) is 2.72. The summed E-state index contributed by atoms with van der Waals surface area (Å²) in [4.78, 5) is 8.47. The summed E-state index contributed by atoms with van der Waals surface area (Å²) in [6.07, 6.45) is 1.12. The summed E-state index contributed by atoms with van der Waals surface area (Å²) < 4.78 is 5.50. The quantitative estimate of drug-likeness (QED) is 0.621. The minimum atomic E-state index is 0.552. The standard InChI is InChI=1S/C13H24N4O/c1-9(2)6-7-15-13(14-5)16-8-12-17-10(3)11(4)18-12/h9H,6-8H2,1-5H3,(H2,14,15,16). The normalized spacial score (nSPS) is 12.0. The molecule has 1 heterocycles. The minimum absolute atomic E-state index is 0.552. The van der Waals surface area contributed by atoms with Gasteiger partial charge in [0.05, 0.1) is 12.2 Å². The second-order valence-electron chi connectivity index (χ2n) is 4.78. The van der Waals surface area contributed by atoms with Gasteiger partial charge in [0.1, 0.15) is 5.76 Å². The van der Waals surface area contributed by atoms with Crippen LogP contribution in [0.1, 0.15) is 37.6 Å². The van der Waals surface area contributed by atoms with Crippen molar-refractivity contribution in [3.63, 3.8) is 0 Å². The molecular weight excluding hydrogens is 228 g/mol. The second kappa shape index (κ2) is 7.03. The molecule has 102 valence electrons. The highest BCUT2D eigenvalue weighted by Gasteiger charge is 2.06. The largest absolute Gasteiger partial charge is 0.444 e. The average Bonchev–Trinajstić information content (AvgIpc) is 2.63. The summed E-state index contributed by atoms with van der Waals surface area (Å²) in [5.41, 5.74) is 0.939. The van der Waals surface area contributed by atoms with Crippen molar-refractivity contribution in [1.82, 2.24) is 15.6 Å². The molecule has 1 rings (SSSR count). The number of rotatable bonds is 5. The van der Waals surface area contributed by atoms with E-state index in [1.165, 1.54) is 0 Å². The summed E-state index contributed by atoms with van der Waals surface area (Å²) in [7, 11) is 1.76. The molecule has 0 fully saturated rings. The number of nitrogens with one attached hydrogen (secondary N) is 2. The van der Waals surface area contributed by atoms with Crippen molar-refractivity contribution >= 4 is 5.96 Å². The molecule has 0 atom stereocenters. The zero-order chi connectivity index (χ0) is 13.5. The summed E-state index contributed by atoms with van der Waals surface area (Å²) in [5, 5.41) is 6.44. The highest BCUT2D eigenvalue weighted by molar-refractivity contribution is 5.79. The first-order valence-corrected chi connectivity index (χ1v) is 6.40. The van der Waals surface area contributed by atoms with Gasteiger partial charge in [0.2, 0.25) is 5.89 Å². The summed E-state index contributed by atoms with van der Waals surface area (Å²) in [6, 6.07) is 0. The first-order valence-electron chi connectivity index (χ1n) is 6.40. The van der Waals surface area contributed by atoms with E-state index in [4.69, 9.17) is 4.42 Å². The molecule has 0 aliphatic rings. The molecule has 2 N–H and O–H groups in total. The van der Waals surface area contributed by atoms with Gasteiger partial charge in [-0.3, -0.25) is 4.99 Å². The van der Waals surface area contributed by atoms with Crippen molar-refractivity contribution in [3.8, 4) is 0 Å². The number of hydrogen-bond donors (Lipinski definition) is 2. The van der Waals surface area contributed by atoms with Crippen molar-refractivity contribution in [3.05, 3.63) is 17.3 Å². The molecule has 0 amide bonds. The van der Waals surface area contributed by atoms with Gasteiger partial charge in [0.15, 0.2) is 5.96 Å². The Balaban J connectivity index is 2.36. The van der Waals surface area contributed by atoms with Crippen LogP contribution in [0.25, 0.3) is 0 Å². The Kier molecular flexibility index (Phi) is 5.68. The number of aryl methyl sites for hydroxylation is 2. The van der Waals surface area contributed by atoms with Crippen LogP contribution in [0.5, 0.6) is 0 Å². The molecule has 5 heteroatoms. The van der Waals surface area contributed by atoms with Crippen molar-refractivity contribution in [2.75, 3.05) is 13.6 Å². The minimum Gasteiger partial charge on any atom is -0.444 e. The van der Waals surface area contributed by atoms with Crippen LogP contribution in [0.2, 0.25) is 0 Å². The van der Waals surface area contributed by atoms with Crippen LogP contribution in [0.4, 0.5) is 0 Å². The molecule has 0 saturated heterocycles. The molecule has 0 spiro atoms. The summed E-state index contributed by atoms with van der Waals surface area (Å²) in [6.45, 7) is 9.74. The maximum absolute atomic E-state index is 5.50. The van der Waals surface area contributed by atoms with Gasteiger partial charge in [-0.1, -0.05) is 13.8 Å². The fourth-order valence-electron chi connectivity index (χ4n) is 1.47. The van der Waals surface area contributed by atoms with E-state index in [2.05, 4.69) is 34.5 Å². The number of aromatic nitrogens is 1. The molecular formula is C13H24N4O. The van der Waals surface area contributed by atoms with E-state index in [0.717, 1.165) is 30.4 Å². The predicted molar refractivity (Wildman–Crippen MR) is 73.6 cm³/mol. The maximum atomic E-state index is 5.50. The molecule has 0 bridgehead atoms. The zero-order valence-electron chi connectivity index (χ0n) is 12.0. The van der Waals surface area contributed by atoms with Gasteiger partial charge in [-0.2, -0.15) is 0 Å². The topological polar surface area (TPSA) is 62.5 Å². The number of hydrogen-bond acceptors (Lipinski definition) is 3. The number of guanidine groups is 1. The van der Waals surface area contributed by atoms with Crippen LogP contribution in [0, 0.1) is 19.8 Å². The SMILES string of the molecule is CN=C(NCCC(C)C)NCc1nc(C)c(C)o1. The highest BCUT2D eigenvalue weighted by Crippen LogP contribution is 2.07. The summed E-state index contributed by atoms with van der Waals surface area (Å²) in [5.74, 6) is 3.03. The fourth-order valence-corrected chi connectivity index (χ4v) is 1.47. The van der Waals surface area contributed by atoms with Crippen molar-refractivity contribution in [2.24, 2.45) is 10.9 Å². The van der Waals surface area contributed by atoms with Crippen molar-refractivity contribution in [2.45, 2.75) is 40.7 Å². The van der Waals surface area contributed by atoms with E-state index in [1.807, 2.05) is 13.8 Å². The second-order valence-corrected chi connectivity index (χ2v) is 4.78. The zero-order valence-corrected chi connectivity index (χ0v) is 12.0.